The molecule has 14 heavy (non-hydrogen) atoms. The molecule has 1 aromatic carbocycles. The standard InChI is InChI=1S/C9H8Cl2O3/c10-8(11)5-6-3-1-2-4-7(6)14-9(12)13/h1-4,8H,5H2,(H,12,13). The normalized spacial score (nSPS) is 10.2. The van der Waals surface area contributed by atoms with Crippen LogP contribution in [0.2, 0.25) is 0 Å². The average molecular weight is 235 g/mol. The fraction of sp³-hybridized carbons (Fsp3) is 0.222. The van der Waals surface area contributed by atoms with Gasteiger partial charge in [0.2, 0.25) is 0 Å². The van der Waals surface area contributed by atoms with E-state index >= 15 is 0 Å². The van der Waals surface area contributed by atoms with Gasteiger partial charge in [0, 0.05) is 6.42 Å². The first-order chi connectivity index (χ1) is 6.59. The number of alkyl halides is 2. The van der Waals surface area contributed by atoms with Crippen LogP contribution >= 0.6 is 23.2 Å². The maximum Gasteiger partial charge on any atom is 0.511 e. The summed E-state index contributed by atoms with van der Waals surface area (Å²) in [5.74, 6) is 0.270. The molecule has 0 bridgehead atoms. The summed E-state index contributed by atoms with van der Waals surface area (Å²) in [6.07, 6.45) is -0.995. The summed E-state index contributed by atoms with van der Waals surface area (Å²) in [4.78, 5) is 9.74. The SMILES string of the molecule is O=C(O)Oc1ccccc1CC(Cl)Cl. The average Bonchev–Trinajstić information content (AvgIpc) is 2.06. The van der Waals surface area contributed by atoms with Gasteiger partial charge >= 0.3 is 6.16 Å². The number of halogens is 2. The predicted molar refractivity (Wildman–Crippen MR) is 54.3 cm³/mol. The highest BCUT2D eigenvalue weighted by Gasteiger charge is 2.09. The quantitative estimate of drug-likeness (QED) is 0.497. The molecule has 3 nitrogen and oxygen atoms in total. The lowest BCUT2D eigenvalue weighted by Crippen LogP contribution is -2.06. The molecule has 76 valence electrons. The van der Waals surface area contributed by atoms with E-state index in [9.17, 15) is 4.79 Å². The van der Waals surface area contributed by atoms with E-state index in [1.807, 2.05) is 0 Å². The Morgan fingerprint density at radius 2 is 2.07 bits per heavy atom. The number of hydrogen-bond acceptors (Lipinski definition) is 2. The van der Waals surface area contributed by atoms with Crippen LogP contribution in [0.25, 0.3) is 0 Å². The molecule has 1 N–H and O–H groups in total. The van der Waals surface area contributed by atoms with Gasteiger partial charge in [0.05, 0.1) is 0 Å². The summed E-state index contributed by atoms with van der Waals surface area (Å²) in [6.45, 7) is 0. The van der Waals surface area contributed by atoms with Crippen molar-refractivity contribution < 1.29 is 14.6 Å². The molecule has 0 aliphatic rings. The molecule has 0 heterocycles. The Morgan fingerprint density at radius 3 is 2.64 bits per heavy atom. The number of carboxylic acid groups (broad SMARTS) is 1. The largest absolute Gasteiger partial charge is 0.511 e. The minimum Gasteiger partial charge on any atom is -0.449 e. The Morgan fingerprint density at radius 1 is 1.43 bits per heavy atom. The number of para-hydroxylation sites is 1. The van der Waals surface area contributed by atoms with Crippen LogP contribution in [0.3, 0.4) is 0 Å². The third-order valence-corrected chi connectivity index (χ3v) is 1.85. The van der Waals surface area contributed by atoms with Gasteiger partial charge in [-0.2, -0.15) is 0 Å². The van der Waals surface area contributed by atoms with Crippen LogP contribution in [-0.2, 0) is 6.42 Å². The second kappa shape index (κ2) is 5.08. The molecule has 0 saturated heterocycles. The van der Waals surface area contributed by atoms with Crippen LogP contribution in [0, 0.1) is 0 Å². The topological polar surface area (TPSA) is 46.5 Å². The van der Waals surface area contributed by atoms with Gasteiger partial charge in [0.1, 0.15) is 10.6 Å². The van der Waals surface area contributed by atoms with Crippen LogP contribution in [0.15, 0.2) is 24.3 Å². The minimum absolute atomic E-state index is 0.270. The molecule has 0 amide bonds. The highest BCUT2D eigenvalue weighted by atomic mass is 35.5. The van der Waals surface area contributed by atoms with Gasteiger partial charge in [0.15, 0.2) is 0 Å². The van der Waals surface area contributed by atoms with Crippen LogP contribution < -0.4 is 4.74 Å². The van der Waals surface area contributed by atoms with Gasteiger partial charge in [0.25, 0.3) is 0 Å². The van der Waals surface area contributed by atoms with E-state index in [2.05, 4.69) is 4.74 Å². The van der Waals surface area contributed by atoms with Gasteiger partial charge in [-0.05, 0) is 11.6 Å². The lowest BCUT2D eigenvalue weighted by atomic mass is 10.1. The smallest absolute Gasteiger partial charge is 0.449 e. The van der Waals surface area contributed by atoms with Crippen molar-refractivity contribution in [3.63, 3.8) is 0 Å². The Balaban J connectivity index is 2.85. The van der Waals surface area contributed by atoms with Gasteiger partial charge in [-0.3, -0.25) is 0 Å². The van der Waals surface area contributed by atoms with Crippen molar-refractivity contribution in [3.8, 4) is 5.75 Å². The van der Waals surface area contributed by atoms with E-state index in [0.29, 0.717) is 12.0 Å². The van der Waals surface area contributed by atoms with Gasteiger partial charge in [-0.15, -0.1) is 23.2 Å². The van der Waals surface area contributed by atoms with Crippen molar-refractivity contribution >= 4 is 29.4 Å². The van der Waals surface area contributed by atoms with E-state index in [0.717, 1.165) is 0 Å². The maximum absolute atomic E-state index is 10.3. The Labute approximate surface area is 91.2 Å². The molecular formula is C9H8Cl2O3. The number of benzene rings is 1. The maximum atomic E-state index is 10.3. The van der Waals surface area contributed by atoms with Crippen LogP contribution in [0.5, 0.6) is 5.75 Å². The highest BCUT2D eigenvalue weighted by molar-refractivity contribution is 6.44. The summed E-state index contributed by atoms with van der Waals surface area (Å²) < 4.78 is 4.55. The Hall–Kier alpha value is -0.930. The van der Waals surface area contributed by atoms with E-state index in [1.165, 1.54) is 0 Å². The van der Waals surface area contributed by atoms with E-state index in [-0.39, 0.29) is 5.75 Å². The van der Waals surface area contributed by atoms with Crippen molar-refractivity contribution in [1.29, 1.82) is 0 Å². The zero-order valence-electron chi connectivity index (χ0n) is 7.11. The second-order valence-corrected chi connectivity index (χ2v) is 3.85. The van der Waals surface area contributed by atoms with Crippen molar-refractivity contribution in [2.75, 3.05) is 0 Å². The van der Waals surface area contributed by atoms with Gasteiger partial charge < -0.3 is 9.84 Å². The van der Waals surface area contributed by atoms with Crippen LogP contribution in [0.4, 0.5) is 4.79 Å². The fourth-order valence-corrected chi connectivity index (χ4v) is 1.36. The summed E-state index contributed by atoms with van der Waals surface area (Å²) in [5, 5.41) is 8.44. The summed E-state index contributed by atoms with van der Waals surface area (Å²) >= 11 is 11.2. The van der Waals surface area contributed by atoms with Crippen molar-refractivity contribution in [1.82, 2.24) is 0 Å². The molecule has 0 aromatic heterocycles. The summed E-state index contributed by atoms with van der Waals surface area (Å²) in [7, 11) is 0. The van der Waals surface area contributed by atoms with E-state index in [1.54, 1.807) is 24.3 Å². The molecule has 0 radical (unpaired) electrons. The molecule has 0 spiro atoms. The Bertz CT molecular complexity index is 326. The summed E-state index contributed by atoms with van der Waals surface area (Å²) in [6, 6.07) is 6.72. The number of carbonyl (C=O) groups is 1. The molecule has 1 aromatic rings. The highest BCUT2D eigenvalue weighted by Crippen LogP contribution is 2.22. The predicted octanol–water partition coefficient (Wildman–Crippen LogP) is 3.09. The molecule has 5 heteroatoms. The van der Waals surface area contributed by atoms with Crippen LogP contribution in [0.1, 0.15) is 5.56 Å². The number of hydrogen-bond donors (Lipinski definition) is 1. The first kappa shape index (κ1) is 11.1. The molecule has 0 aliphatic heterocycles. The zero-order valence-corrected chi connectivity index (χ0v) is 8.63. The third-order valence-electron chi connectivity index (χ3n) is 1.54. The zero-order chi connectivity index (χ0) is 10.6. The van der Waals surface area contributed by atoms with Gasteiger partial charge in [-0.1, -0.05) is 18.2 Å². The number of ether oxygens (including phenoxy) is 1. The third kappa shape index (κ3) is 3.44. The van der Waals surface area contributed by atoms with Crippen molar-refractivity contribution in [3.05, 3.63) is 29.8 Å². The number of rotatable bonds is 3. The Kier molecular flexibility index (Phi) is 4.04. The first-order valence-corrected chi connectivity index (χ1v) is 4.73. The second-order valence-electron chi connectivity index (χ2n) is 2.57. The van der Waals surface area contributed by atoms with Crippen molar-refractivity contribution in [2.24, 2.45) is 0 Å². The molecule has 0 saturated carbocycles. The van der Waals surface area contributed by atoms with E-state index in [4.69, 9.17) is 28.3 Å². The molecular weight excluding hydrogens is 227 g/mol. The lowest BCUT2D eigenvalue weighted by Gasteiger charge is -2.07. The molecule has 0 unspecified atom stereocenters. The van der Waals surface area contributed by atoms with Crippen molar-refractivity contribution in [2.45, 2.75) is 11.3 Å². The lowest BCUT2D eigenvalue weighted by molar-refractivity contribution is 0.144. The molecule has 0 fully saturated rings. The monoisotopic (exact) mass is 234 g/mol. The molecule has 0 atom stereocenters. The minimum atomic E-state index is -1.35. The van der Waals surface area contributed by atoms with E-state index < -0.39 is 11.0 Å². The molecule has 0 aliphatic carbocycles. The summed E-state index contributed by atoms with van der Waals surface area (Å²) in [5.41, 5.74) is 0.671. The van der Waals surface area contributed by atoms with Gasteiger partial charge in [-0.25, -0.2) is 4.79 Å². The first-order valence-electron chi connectivity index (χ1n) is 3.86. The fourth-order valence-electron chi connectivity index (χ4n) is 1.03. The van der Waals surface area contributed by atoms with Crippen LogP contribution in [-0.4, -0.2) is 16.1 Å². The molecule has 1 rings (SSSR count).